The molecule has 3 unspecified atom stereocenters. The van der Waals surface area contributed by atoms with E-state index in [0.29, 0.717) is 17.6 Å². The Labute approximate surface area is 134 Å². The van der Waals surface area contributed by atoms with Crippen LogP contribution in [0.3, 0.4) is 0 Å². The quantitative estimate of drug-likeness (QED) is 0.707. The summed E-state index contributed by atoms with van der Waals surface area (Å²) in [7, 11) is 1.85. The molecule has 4 aliphatic carbocycles. The predicted molar refractivity (Wildman–Crippen MR) is 87.6 cm³/mol. The van der Waals surface area contributed by atoms with E-state index >= 15 is 0 Å². The van der Waals surface area contributed by atoms with Crippen LogP contribution in [0.5, 0.6) is 0 Å². The van der Waals surface area contributed by atoms with Gasteiger partial charge in [-0.3, -0.25) is 4.79 Å². The molecule has 0 saturated heterocycles. The van der Waals surface area contributed by atoms with Crippen molar-refractivity contribution in [3.05, 3.63) is 22.8 Å². The molecule has 120 valence electrons. The van der Waals surface area contributed by atoms with Gasteiger partial charge in [-0.05, 0) is 74.9 Å². The Balaban J connectivity index is 1.69. The van der Waals surface area contributed by atoms with Crippen LogP contribution in [0, 0.1) is 17.3 Å². The largest absolute Gasteiger partial charge is 0.378 e. The van der Waals surface area contributed by atoms with Gasteiger partial charge in [-0.2, -0.15) is 0 Å². The van der Waals surface area contributed by atoms with E-state index in [4.69, 9.17) is 4.74 Å². The summed E-state index contributed by atoms with van der Waals surface area (Å²) < 4.78 is 5.76. The molecule has 0 spiro atoms. The SMILES string of the molecule is COC1(C)CCC2=C(CCC3C2=CC[C@]2(C)C(=O)CCC32)C1. The summed E-state index contributed by atoms with van der Waals surface area (Å²) in [5.41, 5.74) is 4.90. The highest BCUT2D eigenvalue weighted by molar-refractivity contribution is 5.87. The molecule has 2 heteroatoms. The van der Waals surface area contributed by atoms with Gasteiger partial charge in [0.1, 0.15) is 5.78 Å². The van der Waals surface area contributed by atoms with Crippen LogP contribution in [-0.2, 0) is 9.53 Å². The van der Waals surface area contributed by atoms with Crippen molar-refractivity contribution in [2.75, 3.05) is 7.11 Å². The Kier molecular flexibility index (Phi) is 3.21. The Morgan fingerprint density at radius 2 is 2.00 bits per heavy atom. The lowest BCUT2D eigenvalue weighted by Gasteiger charge is -2.47. The average molecular weight is 300 g/mol. The molecular weight excluding hydrogens is 272 g/mol. The maximum Gasteiger partial charge on any atom is 0.139 e. The molecule has 0 N–H and O–H groups in total. The zero-order valence-electron chi connectivity index (χ0n) is 14.2. The monoisotopic (exact) mass is 300 g/mol. The van der Waals surface area contributed by atoms with Gasteiger partial charge in [0.05, 0.1) is 5.60 Å². The van der Waals surface area contributed by atoms with Gasteiger partial charge < -0.3 is 4.74 Å². The van der Waals surface area contributed by atoms with Gasteiger partial charge in [-0.25, -0.2) is 0 Å². The third-order valence-corrected chi connectivity index (χ3v) is 7.29. The number of ether oxygens (including phenoxy) is 1. The number of ketones is 1. The third-order valence-electron chi connectivity index (χ3n) is 7.29. The summed E-state index contributed by atoms with van der Waals surface area (Å²) in [6.07, 6.45) is 11.2. The van der Waals surface area contributed by atoms with Crippen LogP contribution in [0.2, 0.25) is 0 Å². The number of allylic oxidation sites excluding steroid dienone is 3. The predicted octanol–water partition coefficient (Wildman–Crippen LogP) is 4.60. The molecule has 0 heterocycles. The second kappa shape index (κ2) is 4.80. The van der Waals surface area contributed by atoms with Crippen molar-refractivity contribution in [1.82, 2.24) is 0 Å². The second-order valence-corrected chi connectivity index (χ2v) is 8.41. The first-order valence-corrected chi connectivity index (χ1v) is 8.97. The van der Waals surface area contributed by atoms with Crippen molar-refractivity contribution in [2.24, 2.45) is 17.3 Å². The molecule has 1 fully saturated rings. The number of hydrogen-bond donors (Lipinski definition) is 0. The maximum atomic E-state index is 12.4. The highest BCUT2D eigenvalue weighted by Gasteiger charge is 2.52. The van der Waals surface area contributed by atoms with Gasteiger partial charge in [-0.15, -0.1) is 0 Å². The Morgan fingerprint density at radius 3 is 2.77 bits per heavy atom. The smallest absolute Gasteiger partial charge is 0.139 e. The van der Waals surface area contributed by atoms with Crippen LogP contribution in [0.25, 0.3) is 0 Å². The summed E-state index contributed by atoms with van der Waals surface area (Å²) in [5.74, 6) is 1.77. The molecule has 0 amide bonds. The molecule has 22 heavy (non-hydrogen) atoms. The summed E-state index contributed by atoms with van der Waals surface area (Å²) in [5, 5.41) is 0. The van der Waals surface area contributed by atoms with Crippen LogP contribution in [-0.4, -0.2) is 18.5 Å². The van der Waals surface area contributed by atoms with Gasteiger partial charge in [0.2, 0.25) is 0 Å². The Hall–Kier alpha value is -0.890. The number of Topliss-reactive ketones (excluding diaryl/α,β-unsaturated/α-hetero) is 1. The first kappa shape index (κ1) is 14.7. The first-order valence-electron chi connectivity index (χ1n) is 8.97. The van der Waals surface area contributed by atoms with Crippen LogP contribution in [0.15, 0.2) is 22.8 Å². The third kappa shape index (κ3) is 1.92. The minimum atomic E-state index is -0.0536. The van der Waals surface area contributed by atoms with Gasteiger partial charge in [-0.1, -0.05) is 18.6 Å². The van der Waals surface area contributed by atoms with Gasteiger partial charge in [0, 0.05) is 18.9 Å². The van der Waals surface area contributed by atoms with Gasteiger partial charge >= 0.3 is 0 Å². The lowest BCUT2D eigenvalue weighted by molar-refractivity contribution is -0.127. The van der Waals surface area contributed by atoms with Crippen LogP contribution < -0.4 is 0 Å². The topological polar surface area (TPSA) is 26.3 Å². The van der Waals surface area contributed by atoms with Crippen molar-refractivity contribution in [2.45, 2.75) is 70.8 Å². The minimum Gasteiger partial charge on any atom is -0.378 e. The number of methoxy groups -OCH3 is 1. The molecule has 1 saturated carbocycles. The van der Waals surface area contributed by atoms with Crippen LogP contribution in [0.1, 0.15) is 65.2 Å². The van der Waals surface area contributed by atoms with Crippen molar-refractivity contribution < 1.29 is 9.53 Å². The van der Waals surface area contributed by atoms with Crippen molar-refractivity contribution in [3.63, 3.8) is 0 Å². The number of hydrogen-bond acceptors (Lipinski definition) is 2. The molecule has 0 aromatic carbocycles. The fraction of sp³-hybridized carbons (Fsp3) is 0.750. The molecule has 4 rings (SSSR count). The summed E-state index contributed by atoms with van der Waals surface area (Å²) in [6.45, 7) is 4.48. The van der Waals surface area contributed by atoms with Crippen molar-refractivity contribution in [1.29, 1.82) is 0 Å². The van der Waals surface area contributed by atoms with Crippen LogP contribution in [0.4, 0.5) is 0 Å². The lowest BCUT2D eigenvalue weighted by Crippen LogP contribution is -2.40. The Bertz CT molecular complexity index is 585. The molecule has 0 radical (unpaired) electrons. The Morgan fingerprint density at radius 1 is 1.18 bits per heavy atom. The normalized spacial score (nSPS) is 44.3. The first-order chi connectivity index (χ1) is 10.5. The molecule has 2 nitrogen and oxygen atoms in total. The standard InChI is InChI=1S/C20H28O2/c1-19(22-3)10-8-14-13(12-19)4-5-16-15(14)9-11-20(2)17(16)6-7-18(20)21/h9,16-17H,4-8,10-12H2,1-3H3/t16?,17?,19?,20-/m0/s1. The lowest BCUT2D eigenvalue weighted by atomic mass is 9.58. The van der Waals surface area contributed by atoms with E-state index in [1.807, 2.05) is 7.11 Å². The highest BCUT2D eigenvalue weighted by atomic mass is 16.5. The minimum absolute atomic E-state index is 0.0404. The van der Waals surface area contributed by atoms with E-state index in [9.17, 15) is 4.79 Å². The zero-order valence-corrected chi connectivity index (χ0v) is 14.2. The molecule has 4 atom stereocenters. The summed E-state index contributed by atoms with van der Waals surface area (Å²) >= 11 is 0. The number of fused-ring (bicyclic) bond motifs is 4. The molecule has 0 aliphatic heterocycles. The number of carbonyl (C=O) groups excluding carboxylic acids is 1. The number of rotatable bonds is 1. The summed E-state index contributed by atoms with van der Waals surface area (Å²) in [4.78, 5) is 12.4. The molecule has 0 bridgehead atoms. The van der Waals surface area contributed by atoms with Gasteiger partial charge in [0.15, 0.2) is 0 Å². The molecule has 0 aromatic heterocycles. The summed E-state index contributed by atoms with van der Waals surface area (Å²) in [6, 6.07) is 0. The fourth-order valence-electron chi connectivity index (χ4n) is 5.71. The highest BCUT2D eigenvalue weighted by Crippen LogP contribution is 2.58. The van der Waals surface area contributed by atoms with Crippen molar-refractivity contribution >= 4 is 5.78 Å². The molecular formula is C20H28O2. The second-order valence-electron chi connectivity index (χ2n) is 8.41. The van der Waals surface area contributed by atoms with E-state index in [0.717, 1.165) is 32.1 Å². The van der Waals surface area contributed by atoms with E-state index in [2.05, 4.69) is 19.9 Å². The maximum absolute atomic E-state index is 12.4. The van der Waals surface area contributed by atoms with E-state index < -0.39 is 0 Å². The number of carbonyl (C=O) groups is 1. The van der Waals surface area contributed by atoms with E-state index in [1.54, 1.807) is 16.7 Å². The van der Waals surface area contributed by atoms with Crippen LogP contribution >= 0.6 is 0 Å². The molecule has 4 aliphatic rings. The van der Waals surface area contributed by atoms with Crippen molar-refractivity contribution in [3.8, 4) is 0 Å². The molecule has 0 aromatic rings. The van der Waals surface area contributed by atoms with E-state index in [1.165, 1.54) is 19.3 Å². The van der Waals surface area contributed by atoms with Gasteiger partial charge in [0.25, 0.3) is 0 Å². The average Bonchev–Trinajstić information content (AvgIpc) is 2.82. The fourth-order valence-corrected chi connectivity index (χ4v) is 5.71. The zero-order chi connectivity index (χ0) is 15.5. The van der Waals surface area contributed by atoms with E-state index in [-0.39, 0.29) is 11.0 Å².